The molecule has 1 aromatic rings. The molecule has 1 rings (SSSR count). The zero-order valence-electron chi connectivity index (χ0n) is 5.11. The van der Waals surface area contributed by atoms with Gasteiger partial charge in [0.15, 0.2) is 0 Å². The Morgan fingerprint density at radius 1 is 1.70 bits per heavy atom. The zero-order valence-corrected chi connectivity index (χ0v) is 8.02. The van der Waals surface area contributed by atoms with Gasteiger partial charge in [-0.15, -0.1) is 0 Å². The molecule has 0 aromatic carbocycles. The molecule has 0 atom stereocenters. The van der Waals surface area contributed by atoms with Gasteiger partial charge in [-0.3, -0.25) is 4.79 Å². The summed E-state index contributed by atoms with van der Waals surface area (Å²) in [5.41, 5.74) is 0.405. The van der Waals surface area contributed by atoms with Crippen LogP contribution in [0.25, 0.3) is 0 Å². The number of nitrogens with one attached hydrogen (secondary N) is 1. The molecular formula is C5H4ClIN2O. The van der Waals surface area contributed by atoms with E-state index in [0.717, 1.165) is 0 Å². The molecule has 0 aliphatic carbocycles. The average molecular weight is 270 g/mol. The molecule has 0 fully saturated rings. The third-order valence-electron chi connectivity index (χ3n) is 1.03. The van der Waals surface area contributed by atoms with E-state index in [4.69, 9.17) is 11.6 Å². The molecule has 0 aliphatic rings. The van der Waals surface area contributed by atoms with Crippen LogP contribution in [0.4, 0.5) is 0 Å². The third kappa shape index (κ3) is 1.32. The van der Waals surface area contributed by atoms with Crippen molar-refractivity contribution >= 4 is 34.2 Å². The molecule has 5 heteroatoms. The number of aromatic nitrogens is 2. The van der Waals surface area contributed by atoms with Gasteiger partial charge in [0.2, 0.25) is 0 Å². The molecule has 0 unspecified atom stereocenters. The lowest BCUT2D eigenvalue weighted by Crippen LogP contribution is -2.12. The number of H-pyrrole nitrogens is 1. The Kier molecular flexibility index (Phi) is 2.30. The van der Waals surface area contributed by atoms with Gasteiger partial charge >= 0.3 is 0 Å². The molecule has 54 valence electrons. The highest BCUT2D eigenvalue weighted by molar-refractivity contribution is 14.1. The van der Waals surface area contributed by atoms with Crippen molar-refractivity contribution in [1.82, 2.24) is 10.2 Å². The summed E-state index contributed by atoms with van der Waals surface area (Å²) in [4.78, 5) is 10.8. The molecule has 0 saturated carbocycles. The van der Waals surface area contributed by atoms with E-state index in [2.05, 4.69) is 10.2 Å². The monoisotopic (exact) mass is 270 g/mol. The van der Waals surface area contributed by atoms with Crippen molar-refractivity contribution in [2.45, 2.75) is 6.92 Å². The first-order valence-corrected chi connectivity index (χ1v) is 3.99. The van der Waals surface area contributed by atoms with Crippen molar-refractivity contribution in [3.63, 3.8) is 0 Å². The van der Waals surface area contributed by atoms with Crippen LogP contribution in [0.5, 0.6) is 0 Å². The van der Waals surface area contributed by atoms with Crippen LogP contribution >= 0.6 is 34.2 Å². The van der Waals surface area contributed by atoms with Gasteiger partial charge in [0.1, 0.15) is 3.57 Å². The fraction of sp³-hybridized carbons (Fsp3) is 0.200. The summed E-state index contributed by atoms with van der Waals surface area (Å²) in [5, 5.41) is 6.41. The number of hydrogen-bond donors (Lipinski definition) is 1. The first-order valence-electron chi connectivity index (χ1n) is 2.53. The second-order valence-corrected chi connectivity index (χ2v) is 3.22. The molecule has 1 heterocycles. The number of aryl methyl sites for hydroxylation is 1. The van der Waals surface area contributed by atoms with Gasteiger partial charge in [-0.05, 0) is 29.5 Å². The van der Waals surface area contributed by atoms with Gasteiger partial charge in [-0.1, -0.05) is 11.6 Å². The smallest absolute Gasteiger partial charge is 0.267 e. The van der Waals surface area contributed by atoms with Crippen molar-refractivity contribution in [2.24, 2.45) is 0 Å². The van der Waals surface area contributed by atoms with Gasteiger partial charge in [0.25, 0.3) is 5.56 Å². The maximum Gasteiger partial charge on any atom is 0.279 e. The Hall–Kier alpha value is -0.100. The summed E-state index contributed by atoms with van der Waals surface area (Å²) in [7, 11) is 0. The highest BCUT2D eigenvalue weighted by Gasteiger charge is 2.04. The fourth-order valence-electron chi connectivity index (χ4n) is 0.491. The Labute approximate surface area is 75.9 Å². The molecule has 0 aliphatic heterocycles. The highest BCUT2D eigenvalue weighted by atomic mass is 127. The Morgan fingerprint density at radius 3 is 2.80 bits per heavy atom. The van der Waals surface area contributed by atoms with Gasteiger partial charge in [0, 0.05) is 0 Å². The quantitative estimate of drug-likeness (QED) is 0.723. The predicted octanol–water partition coefficient (Wildman–Crippen LogP) is 1.34. The summed E-state index contributed by atoms with van der Waals surface area (Å²) >= 11 is 7.57. The van der Waals surface area contributed by atoms with Crippen molar-refractivity contribution < 1.29 is 0 Å². The van der Waals surface area contributed by atoms with Crippen LogP contribution in [-0.2, 0) is 0 Å². The normalized spacial score (nSPS) is 9.90. The van der Waals surface area contributed by atoms with Crippen LogP contribution in [0, 0.1) is 10.5 Å². The molecule has 3 nitrogen and oxygen atoms in total. The Balaban J connectivity index is 3.49. The lowest BCUT2D eigenvalue weighted by atomic mass is 10.4. The second kappa shape index (κ2) is 2.87. The van der Waals surface area contributed by atoms with E-state index in [-0.39, 0.29) is 5.56 Å². The van der Waals surface area contributed by atoms with Crippen LogP contribution in [0.15, 0.2) is 4.79 Å². The largest absolute Gasteiger partial charge is 0.279 e. The Morgan fingerprint density at radius 2 is 2.30 bits per heavy atom. The van der Waals surface area contributed by atoms with E-state index in [0.29, 0.717) is 14.3 Å². The van der Waals surface area contributed by atoms with E-state index in [9.17, 15) is 4.79 Å². The maximum atomic E-state index is 10.8. The SMILES string of the molecule is Cc1n[nH]c(=O)c(I)c1Cl. The van der Waals surface area contributed by atoms with Gasteiger partial charge in [-0.25, -0.2) is 5.10 Å². The summed E-state index contributed by atoms with van der Waals surface area (Å²) in [6, 6.07) is 0. The van der Waals surface area contributed by atoms with Crippen LogP contribution in [-0.4, -0.2) is 10.2 Å². The standard InChI is InChI=1S/C5H4ClIN2O/c1-2-3(6)4(7)5(10)9-8-2/h1H3,(H,9,10). The van der Waals surface area contributed by atoms with Gasteiger partial charge < -0.3 is 0 Å². The lowest BCUT2D eigenvalue weighted by Gasteiger charge is -1.95. The summed E-state index contributed by atoms with van der Waals surface area (Å²) in [5.74, 6) is 0. The first kappa shape index (κ1) is 8.00. The van der Waals surface area contributed by atoms with Gasteiger partial charge in [0.05, 0.1) is 10.7 Å². The summed E-state index contributed by atoms with van der Waals surface area (Å²) in [6.07, 6.45) is 0. The van der Waals surface area contributed by atoms with Crippen molar-refractivity contribution in [3.8, 4) is 0 Å². The number of rotatable bonds is 0. The molecule has 0 spiro atoms. The molecule has 1 N–H and O–H groups in total. The van der Waals surface area contributed by atoms with Crippen molar-refractivity contribution in [1.29, 1.82) is 0 Å². The number of nitrogens with zero attached hydrogens (tertiary/aromatic N) is 1. The molecule has 0 amide bonds. The minimum absolute atomic E-state index is 0.240. The van der Waals surface area contributed by atoms with E-state index >= 15 is 0 Å². The van der Waals surface area contributed by atoms with Crippen molar-refractivity contribution in [2.75, 3.05) is 0 Å². The van der Waals surface area contributed by atoms with Crippen LogP contribution in [0.3, 0.4) is 0 Å². The summed E-state index contributed by atoms with van der Waals surface area (Å²) < 4.78 is 0.492. The van der Waals surface area contributed by atoms with E-state index in [1.54, 1.807) is 6.92 Å². The minimum atomic E-state index is -0.240. The summed E-state index contributed by atoms with van der Waals surface area (Å²) in [6.45, 7) is 1.74. The third-order valence-corrected chi connectivity index (χ3v) is 2.85. The second-order valence-electron chi connectivity index (χ2n) is 1.77. The number of hydrogen-bond acceptors (Lipinski definition) is 2. The van der Waals surface area contributed by atoms with Crippen LogP contribution in [0.1, 0.15) is 5.69 Å². The topological polar surface area (TPSA) is 45.8 Å². The average Bonchev–Trinajstić information content (AvgIpc) is 1.93. The maximum absolute atomic E-state index is 10.8. The molecule has 0 radical (unpaired) electrons. The number of aromatic amines is 1. The zero-order chi connectivity index (χ0) is 7.72. The number of halogens is 2. The molecular weight excluding hydrogens is 266 g/mol. The highest BCUT2D eigenvalue weighted by Crippen LogP contribution is 2.15. The lowest BCUT2D eigenvalue weighted by molar-refractivity contribution is 0.936. The van der Waals surface area contributed by atoms with Gasteiger partial charge in [-0.2, -0.15) is 5.10 Å². The first-order chi connectivity index (χ1) is 4.63. The van der Waals surface area contributed by atoms with Crippen LogP contribution in [0.2, 0.25) is 5.02 Å². The van der Waals surface area contributed by atoms with Crippen LogP contribution < -0.4 is 5.56 Å². The predicted molar refractivity (Wildman–Crippen MR) is 47.3 cm³/mol. The fourth-order valence-corrected chi connectivity index (χ4v) is 1.13. The molecule has 0 bridgehead atoms. The van der Waals surface area contributed by atoms with E-state index in [1.807, 2.05) is 22.6 Å². The molecule has 0 saturated heterocycles. The van der Waals surface area contributed by atoms with Crippen molar-refractivity contribution in [3.05, 3.63) is 24.6 Å². The van der Waals surface area contributed by atoms with E-state index < -0.39 is 0 Å². The molecule has 1 aromatic heterocycles. The molecule has 10 heavy (non-hydrogen) atoms. The minimum Gasteiger partial charge on any atom is -0.267 e. The van der Waals surface area contributed by atoms with E-state index in [1.165, 1.54) is 0 Å². The Bertz CT molecular complexity index is 309.